The Balaban J connectivity index is 2.39. The number of nitrogen functional groups attached to an aromatic ring is 1. The van der Waals surface area contributed by atoms with Gasteiger partial charge < -0.3 is 10.8 Å². The van der Waals surface area contributed by atoms with Gasteiger partial charge in [-0.1, -0.05) is 12.1 Å². The summed E-state index contributed by atoms with van der Waals surface area (Å²) in [6.07, 6.45) is 0. The fourth-order valence-corrected chi connectivity index (χ4v) is 4.05. The van der Waals surface area contributed by atoms with E-state index in [1.165, 1.54) is 12.1 Å². The van der Waals surface area contributed by atoms with Crippen LogP contribution in [0.3, 0.4) is 0 Å². The lowest BCUT2D eigenvalue weighted by molar-refractivity contribution is 0.0701. The van der Waals surface area contributed by atoms with Gasteiger partial charge in [0.05, 0.1) is 11.4 Å². The average Bonchev–Trinajstić information content (AvgIpc) is 2.75. The molecule has 0 radical (unpaired) electrons. The quantitative estimate of drug-likeness (QED) is 0.749. The van der Waals surface area contributed by atoms with Gasteiger partial charge in [0.15, 0.2) is 0 Å². The Labute approximate surface area is 119 Å². The van der Waals surface area contributed by atoms with Gasteiger partial charge in [0.2, 0.25) is 0 Å². The lowest BCUT2D eigenvalue weighted by atomic mass is 10.3. The summed E-state index contributed by atoms with van der Waals surface area (Å²) in [6, 6.07) is 7.77. The number of rotatable bonds is 4. The largest absolute Gasteiger partial charge is 0.477 e. The number of carboxylic acid groups (broad SMARTS) is 1. The van der Waals surface area contributed by atoms with Crippen LogP contribution >= 0.6 is 11.3 Å². The number of sulfonamides is 1. The van der Waals surface area contributed by atoms with Crippen LogP contribution in [0.25, 0.3) is 0 Å². The SMILES string of the molecule is Cc1cc(S(=O)(=O)Nc2ccccc2N)sc1C(=O)O. The highest BCUT2D eigenvalue weighted by Gasteiger charge is 2.22. The zero-order valence-corrected chi connectivity index (χ0v) is 12.1. The van der Waals surface area contributed by atoms with Gasteiger partial charge in [-0.25, -0.2) is 13.2 Å². The first-order valence-electron chi connectivity index (χ1n) is 5.52. The summed E-state index contributed by atoms with van der Waals surface area (Å²) < 4.78 is 26.7. The highest BCUT2D eigenvalue weighted by molar-refractivity contribution is 7.94. The molecule has 0 aliphatic carbocycles. The van der Waals surface area contributed by atoms with E-state index in [2.05, 4.69) is 4.72 Å². The van der Waals surface area contributed by atoms with E-state index in [1.54, 1.807) is 25.1 Å². The minimum Gasteiger partial charge on any atom is -0.477 e. The molecule has 0 atom stereocenters. The Kier molecular flexibility index (Phi) is 3.69. The molecule has 106 valence electrons. The molecule has 0 unspecified atom stereocenters. The molecule has 1 aromatic carbocycles. The van der Waals surface area contributed by atoms with Crippen molar-refractivity contribution in [2.75, 3.05) is 10.5 Å². The van der Waals surface area contributed by atoms with Gasteiger partial charge in [0, 0.05) is 0 Å². The second-order valence-electron chi connectivity index (χ2n) is 4.08. The molecule has 0 saturated carbocycles. The van der Waals surface area contributed by atoms with E-state index in [0.717, 1.165) is 0 Å². The molecule has 20 heavy (non-hydrogen) atoms. The number of nitrogens with two attached hydrogens (primary N) is 1. The van der Waals surface area contributed by atoms with E-state index in [-0.39, 0.29) is 14.8 Å². The fraction of sp³-hybridized carbons (Fsp3) is 0.0833. The number of aryl methyl sites for hydroxylation is 1. The highest BCUT2D eigenvalue weighted by Crippen LogP contribution is 2.29. The second-order valence-corrected chi connectivity index (χ2v) is 7.04. The third-order valence-electron chi connectivity index (χ3n) is 2.56. The normalized spacial score (nSPS) is 11.2. The number of benzene rings is 1. The Morgan fingerprint density at radius 3 is 2.55 bits per heavy atom. The van der Waals surface area contributed by atoms with Gasteiger partial charge in [-0.15, -0.1) is 11.3 Å². The van der Waals surface area contributed by atoms with Crippen LogP contribution < -0.4 is 10.5 Å². The summed E-state index contributed by atoms with van der Waals surface area (Å²) in [7, 11) is -3.85. The van der Waals surface area contributed by atoms with Crippen LogP contribution in [0, 0.1) is 6.92 Å². The maximum absolute atomic E-state index is 12.2. The summed E-state index contributed by atoms with van der Waals surface area (Å²) >= 11 is 0.709. The van der Waals surface area contributed by atoms with E-state index in [4.69, 9.17) is 10.8 Å². The molecule has 0 aliphatic rings. The van der Waals surface area contributed by atoms with Crippen molar-refractivity contribution >= 4 is 38.7 Å². The zero-order valence-electron chi connectivity index (χ0n) is 10.5. The van der Waals surface area contributed by atoms with Gasteiger partial charge >= 0.3 is 5.97 Å². The second kappa shape index (κ2) is 5.14. The number of anilines is 2. The molecule has 2 aromatic rings. The fourth-order valence-electron chi connectivity index (χ4n) is 1.58. The summed E-state index contributed by atoms with van der Waals surface area (Å²) in [5, 5.41) is 8.95. The van der Waals surface area contributed by atoms with E-state index in [9.17, 15) is 13.2 Å². The van der Waals surface area contributed by atoms with Crippen LogP contribution in [-0.4, -0.2) is 19.5 Å². The average molecular weight is 312 g/mol. The molecule has 0 spiro atoms. The predicted molar refractivity (Wildman–Crippen MR) is 77.7 cm³/mol. The lowest BCUT2D eigenvalue weighted by Crippen LogP contribution is -2.12. The summed E-state index contributed by atoms with van der Waals surface area (Å²) in [5.74, 6) is -1.15. The minimum atomic E-state index is -3.85. The number of nitrogens with one attached hydrogen (secondary N) is 1. The molecule has 0 aliphatic heterocycles. The summed E-state index contributed by atoms with van der Waals surface area (Å²) in [6.45, 7) is 1.55. The van der Waals surface area contributed by atoms with Crippen LogP contribution in [0.1, 0.15) is 15.2 Å². The Bertz CT molecular complexity index is 766. The van der Waals surface area contributed by atoms with Crippen LogP contribution in [0.5, 0.6) is 0 Å². The molecule has 1 heterocycles. The first-order valence-corrected chi connectivity index (χ1v) is 7.82. The molecular weight excluding hydrogens is 300 g/mol. The van der Waals surface area contributed by atoms with Crippen molar-refractivity contribution in [1.82, 2.24) is 0 Å². The molecule has 0 saturated heterocycles. The van der Waals surface area contributed by atoms with Crippen LogP contribution in [0.2, 0.25) is 0 Å². The van der Waals surface area contributed by atoms with Crippen molar-refractivity contribution in [2.45, 2.75) is 11.1 Å². The molecule has 1 aromatic heterocycles. The van der Waals surface area contributed by atoms with Crippen molar-refractivity contribution in [3.05, 3.63) is 40.8 Å². The van der Waals surface area contributed by atoms with Crippen LogP contribution in [0.15, 0.2) is 34.5 Å². The van der Waals surface area contributed by atoms with Gasteiger partial charge in [0.25, 0.3) is 10.0 Å². The van der Waals surface area contributed by atoms with Crippen molar-refractivity contribution in [3.63, 3.8) is 0 Å². The molecule has 0 fully saturated rings. The smallest absolute Gasteiger partial charge is 0.346 e. The number of carbonyl (C=O) groups is 1. The first kappa shape index (κ1) is 14.4. The van der Waals surface area contributed by atoms with Crippen molar-refractivity contribution < 1.29 is 18.3 Å². The lowest BCUT2D eigenvalue weighted by Gasteiger charge is -2.08. The standard InChI is InChI=1S/C12H12N2O4S2/c1-7-6-10(19-11(7)12(15)16)20(17,18)14-9-5-3-2-4-8(9)13/h2-6,14H,13H2,1H3,(H,15,16). The highest BCUT2D eigenvalue weighted by atomic mass is 32.2. The minimum absolute atomic E-state index is 0.00593. The molecule has 6 nitrogen and oxygen atoms in total. The number of hydrogen-bond acceptors (Lipinski definition) is 5. The number of aromatic carboxylic acids is 1. The Morgan fingerprint density at radius 2 is 2.00 bits per heavy atom. The predicted octanol–water partition coefficient (Wildman–Crippen LogP) is 2.14. The monoisotopic (exact) mass is 312 g/mol. The van der Waals surface area contributed by atoms with Gasteiger partial charge in [-0.2, -0.15) is 0 Å². The maximum Gasteiger partial charge on any atom is 0.346 e. The zero-order chi connectivity index (χ0) is 14.9. The van der Waals surface area contributed by atoms with Gasteiger partial charge in [-0.05, 0) is 30.7 Å². The van der Waals surface area contributed by atoms with Crippen molar-refractivity contribution in [3.8, 4) is 0 Å². The number of para-hydroxylation sites is 2. The van der Waals surface area contributed by atoms with E-state index in [0.29, 0.717) is 22.6 Å². The molecule has 0 amide bonds. The van der Waals surface area contributed by atoms with Gasteiger partial charge in [0.1, 0.15) is 9.09 Å². The van der Waals surface area contributed by atoms with E-state index < -0.39 is 16.0 Å². The van der Waals surface area contributed by atoms with E-state index in [1.807, 2.05) is 0 Å². The molecular formula is C12H12N2O4S2. The van der Waals surface area contributed by atoms with Gasteiger partial charge in [-0.3, -0.25) is 4.72 Å². The number of hydrogen-bond donors (Lipinski definition) is 3. The Hall–Kier alpha value is -2.06. The summed E-state index contributed by atoms with van der Waals surface area (Å²) in [5.41, 5.74) is 6.63. The van der Waals surface area contributed by atoms with Crippen molar-refractivity contribution in [2.24, 2.45) is 0 Å². The molecule has 0 bridgehead atoms. The van der Waals surface area contributed by atoms with Crippen LogP contribution in [-0.2, 0) is 10.0 Å². The number of thiophene rings is 1. The van der Waals surface area contributed by atoms with Crippen molar-refractivity contribution in [1.29, 1.82) is 0 Å². The number of carboxylic acids is 1. The first-order chi connectivity index (χ1) is 9.31. The van der Waals surface area contributed by atoms with Crippen LogP contribution in [0.4, 0.5) is 11.4 Å². The third kappa shape index (κ3) is 2.75. The summed E-state index contributed by atoms with van der Waals surface area (Å²) in [4.78, 5) is 11.0. The third-order valence-corrected chi connectivity index (χ3v) is 5.62. The molecule has 4 N–H and O–H groups in total. The maximum atomic E-state index is 12.2. The molecule has 8 heteroatoms. The molecule has 2 rings (SSSR count). The topological polar surface area (TPSA) is 109 Å². The Morgan fingerprint density at radius 1 is 1.35 bits per heavy atom. The van der Waals surface area contributed by atoms with E-state index >= 15 is 0 Å².